The first-order valence-corrected chi connectivity index (χ1v) is 6.46. The van der Waals surface area contributed by atoms with Crippen molar-refractivity contribution in [3.8, 4) is 0 Å². The lowest BCUT2D eigenvalue weighted by Gasteiger charge is -2.18. The van der Waals surface area contributed by atoms with Crippen LogP contribution in [0.3, 0.4) is 0 Å². The van der Waals surface area contributed by atoms with Gasteiger partial charge in [-0.05, 0) is 65.8 Å². The minimum Gasteiger partial charge on any atom is -0.392 e. The molecule has 0 amide bonds. The standard InChI is InChI=1S/C12H16OS/c13-12(3-8-1-2-14-7-8)11-5-9-4-10(9)6-11/h1-2,7,9-13H,3-6H2. The molecule has 0 aliphatic heterocycles. The molecule has 2 heteroatoms. The molecule has 76 valence electrons. The molecule has 0 aromatic carbocycles. The Balaban J connectivity index is 1.58. The van der Waals surface area contributed by atoms with Gasteiger partial charge in [-0.2, -0.15) is 11.3 Å². The minimum absolute atomic E-state index is 0.0857. The fraction of sp³-hybridized carbons (Fsp3) is 0.667. The number of fused-ring (bicyclic) bond motifs is 1. The fourth-order valence-electron chi connectivity index (χ4n) is 2.89. The monoisotopic (exact) mass is 208 g/mol. The molecule has 1 nitrogen and oxygen atoms in total. The first kappa shape index (κ1) is 8.93. The van der Waals surface area contributed by atoms with Crippen LogP contribution in [0, 0.1) is 17.8 Å². The van der Waals surface area contributed by atoms with Crippen LogP contribution < -0.4 is 0 Å². The van der Waals surface area contributed by atoms with E-state index in [4.69, 9.17) is 0 Å². The highest BCUT2D eigenvalue weighted by Gasteiger charge is 2.47. The van der Waals surface area contributed by atoms with Gasteiger partial charge in [0, 0.05) is 0 Å². The second kappa shape index (κ2) is 3.35. The number of aliphatic hydroxyl groups is 1. The SMILES string of the molecule is OC(Cc1ccsc1)C1CC2CC2C1. The molecule has 0 saturated heterocycles. The average molecular weight is 208 g/mol. The first-order chi connectivity index (χ1) is 6.83. The summed E-state index contributed by atoms with van der Waals surface area (Å²) in [5, 5.41) is 14.3. The Morgan fingerprint density at radius 1 is 1.36 bits per heavy atom. The van der Waals surface area contributed by atoms with Crippen molar-refractivity contribution in [2.45, 2.75) is 31.8 Å². The molecule has 3 unspecified atom stereocenters. The van der Waals surface area contributed by atoms with Crippen LogP contribution in [-0.4, -0.2) is 11.2 Å². The second-order valence-corrected chi connectivity index (χ2v) is 5.67. The summed E-state index contributed by atoms with van der Waals surface area (Å²) in [6.45, 7) is 0. The Hall–Kier alpha value is -0.340. The largest absolute Gasteiger partial charge is 0.392 e. The average Bonchev–Trinajstić information content (AvgIpc) is 2.68. The molecule has 2 aliphatic rings. The van der Waals surface area contributed by atoms with E-state index in [9.17, 15) is 5.11 Å². The van der Waals surface area contributed by atoms with E-state index in [1.54, 1.807) is 11.3 Å². The summed E-state index contributed by atoms with van der Waals surface area (Å²) in [4.78, 5) is 0. The third-order valence-corrected chi connectivity index (χ3v) is 4.58. The Kier molecular flexibility index (Phi) is 2.14. The third kappa shape index (κ3) is 1.61. The van der Waals surface area contributed by atoms with Crippen molar-refractivity contribution in [3.63, 3.8) is 0 Å². The van der Waals surface area contributed by atoms with Crippen molar-refractivity contribution in [2.24, 2.45) is 17.8 Å². The Bertz CT molecular complexity index is 296. The van der Waals surface area contributed by atoms with Gasteiger partial charge in [-0.3, -0.25) is 0 Å². The van der Waals surface area contributed by atoms with Gasteiger partial charge in [0.05, 0.1) is 6.10 Å². The summed E-state index contributed by atoms with van der Waals surface area (Å²) < 4.78 is 0. The van der Waals surface area contributed by atoms with E-state index < -0.39 is 0 Å². The third-order valence-electron chi connectivity index (χ3n) is 3.85. The highest BCUT2D eigenvalue weighted by molar-refractivity contribution is 7.07. The van der Waals surface area contributed by atoms with Crippen molar-refractivity contribution in [1.29, 1.82) is 0 Å². The zero-order valence-electron chi connectivity index (χ0n) is 8.23. The Morgan fingerprint density at radius 2 is 2.14 bits per heavy atom. The van der Waals surface area contributed by atoms with Crippen LogP contribution >= 0.6 is 11.3 Å². The van der Waals surface area contributed by atoms with Crippen molar-refractivity contribution in [2.75, 3.05) is 0 Å². The van der Waals surface area contributed by atoms with E-state index in [2.05, 4.69) is 16.8 Å². The highest BCUT2D eigenvalue weighted by atomic mass is 32.1. The van der Waals surface area contributed by atoms with Gasteiger partial charge in [0.2, 0.25) is 0 Å². The van der Waals surface area contributed by atoms with Gasteiger partial charge in [0.15, 0.2) is 0 Å². The molecule has 0 radical (unpaired) electrons. The van der Waals surface area contributed by atoms with Gasteiger partial charge >= 0.3 is 0 Å². The minimum atomic E-state index is -0.0857. The number of rotatable bonds is 3. The maximum Gasteiger partial charge on any atom is 0.0609 e. The number of aliphatic hydroxyl groups excluding tert-OH is 1. The van der Waals surface area contributed by atoms with Crippen LogP contribution in [0.15, 0.2) is 16.8 Å². The molecule has 2 aliphatic carbocycles. The second-order valence-electron chi connectivity index (χ2n) is 4.89. The van der Waals surface area contributed by atoms with Crippen LogP contribution in [0.4, 0.5) is 0 Å². The fourth-order valence-corrected chi connectivity index (χ4v) is 3.57. The van der Waals surface area contributed by atoms with Crippen LogP contribution in [-0.2, 0) is 6.42 Å². The summed E-state index contributed by atoms with van der Waals surface area (Å²) in [6.07, 6.45) is 4.80. The van der Waals surface area contributed by atoms with E-state index in [1.807, 2.05) is 0 Å². The van der Waals surface area contributed by atoms with Crippen LogP contribution in [0.1, 0.15) is 24.8 Å². The Labute approximate surface area is 88.8 Å². The van der Waals surface area contributed by atoms with Crippen molar-refractivity contribution in [1.82, 2.24) is 0 Å². The molecule has 14 heavy (non-hydrogen) atoms. The van der Waals surface area contributed by atoms with Crippen LogP contribution in [0.25, 0.3) is 0 Å². The predicted molar refractivity (Wildman–Crippen MR) is 58.4 cm³/mol. The van der Waals surface area contributed by atoms with Crippen molar-refractivity contribution < 1.29 is 5.11 Å². The summed E-state index contributed by atoms with van der Waals surface area (Å²) in [5.41, 5.74) is 1.31. The summed E-state index contributed by atoms with van der Waals surface area (Å²) in [7, 11) is 0. The topological polar surface area (TPSA) is 20.2 Å². The maximum absolute atomic E-state index is 10.1. The molecule has 1 aromatic heterocycles. The molecule has 1 heterocycles. The molecule has 3 atom stereocenters. The molecular weight excluding hydrogens is 192 g/mol. The van der Waals surface area contributed by atoms with E-state index in [0.29, 0.717) is 5.92 Å². The van der Waals surface area contributed by atoms with Crippen LogP contribution in [0.2, 0.25) is 0 Å². The first-order valence-electron chi connectivity index (χ1n) is 5.52. The highest BCUT2D eigenvalue weighted by Crippen LogP contribution is 2.55. The molecule has 3 rings (SSSR count). The van der Waals surface area contributed by atoms with Gasteiger partial charge < -0.3 is 5.11 Å². The Morgan fingerprint density at radius 3 is 2.79 bits per heavy atom. The quantitative estimate of drug-likeness (QED) is 0.809. The summed E-state index contributed by atoms with van der Waals surface area (Å²) >= 11 is 1.72. The smallest absolute Gasteiger partial charge is 0.0609 e. The van der Waals surface area contributed by atoms with Gasteiger partial charge in [0.25, 0.3) is 0 Å². The lowest BCUT2D eigenvalue weighted by Crippen LogP contribution is -2.21. The number of hydrogen-bond donors (Lipinski definition) is 1. The van der Waals surface area contributed by atoms with E-state index in [0.717, 1.165) is 18.3 Å². The van der Waals surface area contributed by atoms with E-state index >= 15 is 0 Å². The lowest BCUT2D eigenvalue weighted by atomic mass is 9.93. The van der Waals surface area contributed by atoms with Crippen molar-refractivity contribution >= 4 is 11.3 Å². The molecule has 2 saturated carbocycles. The zero-order valence-corrected chi connectivity index (χ0v) is 9.04. The van der Waals surface area contributed by atoms with E-state index in [-0.39, 0.29) is 6.10 Å². The van der Waals surface area contributed by atoms with Gasteiger partial charge in [-0.15, -0.1) is 0 Å². The van der Waals surface area contributed by atoms with Crippen LogP contribution in [0.5, 0.6) is 0 Å². The number of thiophene rings is 1. The van der Waals surface area contributed by atoms with Gasteiger partial charge in [-0.1, -0.05) is 0 Å². The van der Waals surface area contributed by atoms with E-state index in [1.165, 1.54) is 24.8 Å². The molecular formula is C12H16OS. The normalized spacial score (nSPS) is 36.8. The summed E-state index contributed by atoms with van der Waals surface area (Å²) in [5.74, 6) is 2.56. The van der Waals surface area contributed by atoms with Gasteiger partial charge in [0.1, 0.15) is 0 Å². The van der Waals surface area contributed by atoms with Crippen molar-refractivity contribution in [3.05, 3.63) is 22.4 Å². The molecule has 1 N–H and O–H groups in total. The number of hydrogen-bond acceptors (Lipinski definition) is 2. The predicted octanol–water partition coefficient (Wildman–Crippen LogP) is 2.70. The van der Waals surface area contributed by atoms with Gasteiger partial charge in [-0.25, -0.2) is 0 Å². The molecule has 2 fully saturated rings. The zero-order chi connectivity index (χ0) is 9.54. The maximum atomic E-state index is 10.1. The molecule has 1 aromatic rings. The molecule has 0 spiro atoms. The summed E-state index contributed by atoms with van der Waals surface area (Å²) in [6, 6.07) is 2.13. The molecule has 0 bridgehead atoms. The lowest BCUT2D eigenvalue weighted by molar-refractivity contribution is 0.104.